The number of imidazole rings is 1. The molecule has 5 heteroatoms. The first kappa shape index (κ1) is 11.0. The van der Waals surface area contributed by atoms with Gasteiger partial charge in [-0.25, -0.2) is 4.98 Å². The Morgan fingerprint density at radius 3 is 2.94 bits per heavy atom. The van der Waals surface area contributed by atoms with E-state index in [1.807, 2.05) is 18.3 Å². The number of fused-ring (bicyclic) bond motifs is 2. The van der Waals surface area contributed by atoms with Crippen molar-refractivity contribution in [2.75, 3.05) is 0 Å². The Kier molecular flexibility index (Phi) is 2.50. The molecule has 2 aromatic rings. The highest BCUT2D eigenvalue weighted by Gasteiger charge is 2.41. The second-order valence-electron chi connectivity index (χ2n) is 5.18. The fraction of sp³-hybridized carbons (Fsp3) is 0.462. The zero-order chi connectivity index (χ0) is 12.1. The van der Waals surface area contributed by atoms with Crippen LogP contribution >= 0.6 is 22.9 Å². The van der Waals surface area contributed by atoms with Crippen molar-refractivity contribution >= 4 is 22.9 Å². The molecule has 2 aliphatic rings. The first-order valence-corrected chi connectivity index (χ1v) is 7.56. The lowest BCUT2D eigenvalue weighted by Gasteiger charge is -2.17. The van der Waals surface area contributed by atoms with Gasteiger partial charge < -0.3 is 10.3 Å². The second kappa shape index (κ2) is 4.08. The number of aromatic amines is 1. The van der Waals surface area contributed by atoms with Gasteiger partial charge in [0, 0.05) is 18.0 Å². The van der Waals surface area contributed by atoms with Crippen LogP contribution in [0.25, 0.3) is 10.6 Å². The summed E-state index contributed by atoms with van der Waals surface area (Å²) in [5.41, 5.74) is 1.09. The van der Waals surface area contributed by atoms with Crippen LogP contribution in [-0.2, 0) is 0 Å². The van der Waals surface area contributed by atoms with Gasteiger partial charge in [0.25, 0.3) is 0 Å². The number of halogens is 1. The fourth-order valence-corrected chi connectivity index (χ4v) is 4.24. The van der Waals surface area contributed by atoms with Gasteiger partial charge in [-0.2, -0.15) is 0 Å². The highest BCUT2D eigenvalue weighted by Crippen LogP contribution is 2.39. The summed E-state index contributed by atoms with van der Waals surface area (Å²) in [6.07, 6.45) is 5.78. The first-order chi connectivity index (χ1) is 8.79. The molecule has 0 aromatic carbocycles. The topological polar surface area (TPSA) is 40.7 Å². The molecule has 0 amide bonds. The summed E-state index contributed by atoms with van der Waals surface area (Å²) >= 11 is 7.56. The lowest BCUT2D eigenvalue weighted by Crippen LogP contribution is -2.22. The van der Waals surface area contributed by atoms with E-state index in [-0.39, 0.29) is 0 Å². The summed E-state index contributed by atoms with van der Waals surface area (Å²) in [5.74, 6) is 1.70. The summed E-state index contributed by atoms with van der Waals surface area (Å²) in [6.45, 7) is 0. The highest BCUT2D eigenvalue weighted by molar-refractivity contribution is 7.19. The fourth-order valence-electron chi connectivity index (χ4n) is 3.24. The molecule has 2 saturated heterocycles. The predicted octanol–water partition coefficient (Wildman–Crippen LogP) is 3.40. The number of hydrogen-bond acceptors (Lipinski definition) is 3. The van der Waals surface area contributed by atoms with E-state index in [4.69, 9.17) is 11.6 Å². The molecule has 3 atom stereocenters. The van der Waals surface area contributed by atoms with Crippen LogP contribution in [0.15, 0.2) is 18.3 Å². The van der Waals surface area contributed by atoms with Crippen molar-refractivity contribution in [3.05, 3.63) is 28.5 Å². The van der Waals surface area contributed by atoms with Gasteiger partial charge in [-0.1, -0.05) is 11.6 Å². The summed E-state index contributed by atoms with van der Waals surface area (Å²) < 4.78 is 0.822. The molecular weight excluding hydrogens is 266 g/mol. The molecular formula is C13H14ClN3S. The number of thiophene rings is 1. The van der Waals surface area contributed by atoms with Gasteiger partial charge >= 0.3 is 0 Å². The molecule has 2 fully saturated rings. The third-order valence-electron chi connectivity index (χ3n) is 4.09. The molecule has 0 spiro atoms. The van der Waals surface area contributed by atoms with Crippen LogP contribution in [0.3, 0.4) is 0 Å². The number of hydrogen-bond donors (Lipinski definition) is 2. The molecule has 18 heavy (non-hydrogen) atoms. The van der Waals surface area contributed by atoms with Gasteiger partial charge in [0.2, 0.25) is 0 Å². The molecule has 3 unspecified atom stereocenters. The van der Waals surface area contributed by atoms with Crippen LogP contribution < -0.4 is 5.32 Å². The van der Waals surface area contributed by atoms with Crippen LogP contribution in [-0.4, -0.2) is 22.1 Å². The van der Waals surface area contributed by atoms with Crippen molar-refractivity contribution in [2.24, 2.45) is 0 Å². The van der Waals surface area contributed by atoms with E-state index in [9.17, 15) is 0 Å². The zero-order valence-corrected chi connectivity index (χ0v) is 11.4. The van der Waals surface area contributed by atoms with Crippen molar-refractivity contribution < 1.29 is 0 Å². The Labute approximate surface area is 115 Å². The standard InChI is InChI=1S/C13H14ClN3S/c14-12-4-3-11(18-12)10-6-15-13(17-10)8-5-7-1-2-9(8)16-7/h3-4,6-9,16H,1-2,5H2,(H,15,17). The lowest BCUT2D eigenvalue weighted by molar-refractivity contribution is 0.490. The van der Waals surface area contributed by atoms with Crippen molar-refractivity contribution in [2.45, 2.75) is 37.3 Å². The first-order valence-electron chi connectivity index (χ1n) is 6.36. The molecule has 2 bridgehead atoms. The van der Waals surface area contributed by atoms with E-state index in [0.717, 1.165) is 20.7 Å². The summed E-state index contributed by atoms with van der Waals surface area (Å²) in [5, 5.41) is 3.65. The number of rotatable bonds is 2. The maximum absolute atomic E-state index is 5.97. The van der Waals surface area contributed by atoms with Gasteiger partial charge in [-0.3, -0.25) is 0 Å². The van der Waals surface area contributed by atoms with Crippen molar-refractivity contribution in [3.8, 4) is 10.6 Å². The van der Waals surface area contributed by atoms with Gasteiger partial charge in [0.15, 0.2) is 0 Å². The number of aromatic nitrogens is 2. The monoisotopic (exact) mass is 279 g/mol. The van der Waals surface area contributed by atoms with Crippen molar-refractivity contribution in [1.82, 2.24) is 15.3 Å². The van der Waals surface area contributed by atoms with Crippen molar-refractivity contribution in [3.63, 3.8) is 0 Å². The number of H-pyrrole nitrogens is 1. The van der Waals surface area contributed by atoms with E-state index < -0.39 is 0 Å². The molecule has 0 saturated carbocycles. The van der Waals surface area contributed by atoms with E-state index >= 15 is 0 Å². The third kappa shape index (κ3) is 1.71. The minimum Gasteiger partial charge on any atom is -0.341 e. The summed E-state index contributed by atoms with van der Waals surface area (Å²) in [4.78, 5) is 9.20. The molecule has 2 aliphatic heterocycles. The van der Waals surface area contributed by atoms with Crippen LogP contribution in [0, 0.1) is 0 Å². The molecule has 2 aromatic heterocycles. The van der Waals surface area contributed by atoms with Crippen LogP contribution in [0.4, 0.5) is 0 Å². The van der Waals surface area contributed by atoms with E-state index in [2.05, 4.69) is 15.3 Å². The quantitative estimate of drug-likeness (QED) is 0.885. The average Bonchev–Trinajstić information content (AvgIpc) is 3.12. The minimum atomic E-state index is 0.563. The average molecular weight is 280 g/mol. The third-order valence-corrected chi connectivity index (χ3v) is 5.35. The zero-order valence-electron chi connectivity index (χ0n) is 9.82. The summed E-state index contributed by atoms with van der Waals surface area (Å²) in [7, 11) is 0. The lowest BCUT2D eigenvalue weighted by atomic mass is 9.89. The number of nitrogens with one attached hydrogen (secondary N) is 2. The van der Waals surface area contributed by atoms with Gasteiger partial charge in [-0.15, -0.1) is 11.3 Å². The molecule has 2 N–H and O–H groups in total. The predicted molar refractivity (Wildman–Crippen MR) is 74.2 cm³/mol. The Morgan fingerprint density at radius 2 is 2.28 bits per heavy atom. The summed E-state index contributed by atoms with van der Waals surface area (Å²) in [6, 6.07) is 5.32. The molecule has 4 heterocycles. The molecule has 0 radical (unpaired) electrons. The normalized spacial score (nSPS) is 30.2. The SMILES string of the molecule is Clc1ccc(-c2cnc(C3CC4CCC3N4)[nH]2)s1. The van der Waals surface area contributed by atoms with Gasteiger partial charge in [-0.05, 0) is 31.4 Å². The maximum Gasteiger partial charge on any atom is 0.111 e. The maximum atomic E-state index is 5.97. The molecule has 4 rings (SSSR count). The van der Waals surface area contributed by atoms with Crippen LogP contribution in [0.2, 0.25) is 4.34 Å². The molecule has 94 valence electrons. The van der Waals surface area contributed by atoms with Crippen LogP contribution in [0.1, 0.15) is 31.0 Å². The number of nitrogens with zero attached hydrogens (tertiary/aromatic N) is 1. The smallest absolute Gasteiger partial charge is 0.111 e. The van der Waals surface area contributed by atoms with Crippen molar-refractivity contribution in [1.29, 1.82) is 0 Å². The van der Waals surface area contributed by atoms with Gasteiger partial charge in [0.05, 0.1) is 21.1 Å². The largest absolute Gasteiger partial charge is 0.341 e. The molecule has 3 nitrogen and oxygen atoms in total. The Morgan fingerprint density at radius 1 is 1.33 bits per heavy atom. The Balaban J connectivity index is 1.62. The second-order valence-corrected chi connectivity index (χ2v) is 6.89. The highest BCUT2D eigenvalue weighted by atomic mass is 35.5. The minimum absolute atomic E-state index is 0.563. The van der Waals surface area contributed by atoms with Crippen LogP contribution in [0.5, 0.6) is 0 Å². The Hall–Kier alpha value is -0.840. The van der Waals surface area contributed by atoms with E-state index in [1.54, 1.807) is 11.3 Å². The van der Waals surface area contributed by atoms with E-state index in [1.165, 1.54) is 19.3 Å². The van der Waals surface area contributed by atoms with Gasteiger partial charge in [0.1, 0.15) is 5.82 Å². The van der Waals surface area contributed by atoms with E-state index in [0.29, 0.717) is 18.0 Å². The molecule has 0 aliphatic carbocycles. The Bertz CT molecular complexity index is 576.